The number of amides is 1. The Morgan fingerprint density at radius 3 is 2.19 bits per heavy atom. The second-order valence-electron chi connectivity index (χ2n) is 5.77. The van der Waals surface area contributed by atoms with Crippen LogP contribution >= 0.6 is 0 Å². The summed E-state index contributed by atoms with van der Waals surface area (Å²) >= 11 is 0. The Kier molecular flexibility index (Phi) is 4.21. The number of hydrogen-bond donors (Lipinski definition) is 2. The maximum atomic E-state index is 12.8. The Morgan fingerprint density at radius 1 is 1.05 bits per heavy atom. The molecule has 1 aromatic carbocycles. The number of pyridine rings is 1. The number of nitrogens with zero attached hydrogens (tertiary/aromatic N) is 1. The summed E-state index contributed by atoms with van der Waals surface area (Å²) in [6.45, 7) is 6.13. The van der Waals surface area contributed by atoms with E-state index in [9.17, 15) is 9.18 Å². The van der Waals surface area contributed by atoms with Gasteiger partial charge < -0.3 is 10.6 Å². The first kappa shape index (κ1) is 15.0. The number of anilines is 2. The first-order chi connectivity index (χ1) is 9.83. The zero-order chi connectivity index (χ0) is 15.5. The van der Waals surface area contributed by atoms with Crippen LogP contribution in [0.4, 0.5) is 15.8 Å². The van der Waals surface area contributed by atoms with Crippen molar-refractivity contribution in [3.63, 3.8) is 0 Å². The highest BCUT2D eigenvalue weighted by Crippen LogP contribution is 2.14. The molecule has 0 bridgehead atoms. The molecule has 0 fully saturated rings. The highest BCUT2D eigenvalue weighted by molar-refractivity contribution is 6.02. The molecule has 21 heavy (non-hydrogen) atoms. The molecule has 0 saturated carbocycles. The summed E-state index contributed by atoms with van der Waals surface area (Å²) in [7, 11) is 0. The molecule has 1 heterocycles. The summed E-state index contributed by atoms with van der Waals surface area (Å²) in [5.41, 5.74) is 1.61. The Morgan fingerprint density at radius 2 is 1.67 bits per heavy atom. The number of halogens is 1. The molecule has 0 aliphatic carbocycles. The van der Waals surface area contributed by atoms with Gasteiger partial charge in [-0.3, -0.25) is 4.79 Å². The molecule has 5 heteroatoms. The lowest BCUT2D eigenvalue weighted by Gasteiger charge is -2.21. The van der Waals surface area contributed by atoms with Crippen LogP contribution in [0.2, 0.25) is 0 Å². The molecular weight excluding hydrogens is 269 g/mol. The molecule has 4 nitrogen and oxygen atoms in total. The van der Waals surface area contributed by atoms with Crippen LogP contribution in [0.5, 0.6) is 0 Å². The molecule has 2 aromatic rings. The molecule has 0 atom stereocenters. The second kappa shape index (κ2) is 5.91. The predicted molar refractivity (Wildman–Crippen MR) is 82.0 cm³/mol. The summed E-state index contributed by atoms with van der Waals surface area (Å²) in [5, 5.41) is 5.93. The van der Waals surface area contributed by atoms with Crippen molar-refractivity contribution >= 4 is 17.3 Å². The second-order valence-corrected chi connectivity index (χ2v) is 5.77. The smallest absolute Gasteiger partial charge is 0.274 e. The fourth-order valence-corrected chi connectivity index (χ4v) is 1.76. The van der Waals surface area contributed by atoms with Crippen LogP contribution in [0.15, 0.2) is 42.6 Å². The Balaban J connectivity index is 2.04. The molecule has 110 valence electrons. The summed E-state index contributed by atoms with van der Waals surface area (Å²) in [6, 6.07) is 9.04. The number of hydrogen-bond acceptors (Lipinski definition) is 3. The van der Waals surface area contributed by atoms with Crippen LogP contribution < -0.4 is 10.6 Å². The summed E-state index contributed by atoms with van der Waals surface area (Å²) in [4.78, 5) is 16.1. The van der Waals surface area contributed by atoms with Gasteiger partial charge >= 0.3 is 0 Å². The van der Waals surface area contributed by atoms with Crippen molar-refractivity contribution in [2.45, 2.75) is 26.3 Å². The topological polar surface area (TPSA) is 54.0 Å². The van der Waals surface area contributed by atoms with Crippen molar-refractivity contribution in [2.24, 2.45) is 0 Å². The van der Waals surface area contributed by atoms with E-state index < -0.39 is 0 Å². The van der Waals surface area contributed by atoms with Crippen molar-refractivity contribution in [1.82, 2.24) is 4.98 Å². The lowest BCUT2D eigenvalue weighted by Crippen LogP contribution is -2.26. The number of carbonyl (C=O) groups is 1. The number of aromatic nitrogens is 1. The van der Waals surface area contributed by atoms with Crippen LogP contribution in [0.1, 0.15) is 31.3 Å². The van der Waals surface area contributed by atoms with Crippen molar-refractivity contribution in [1.29, 1.82) is 0 Å². The third kappa shape index (κ3) is 4.56. The van der Waals surface area contributed by atoms with Gasteiger partial charge in [0, 0.05) is 11.2 Å². The lowest BCUT2D eigenvalue weighted by atomic mass is 10.1. The minimum absolute atomic E-state index is 0.0699. The van der Waals surface area contributed by atoms with Gasteiger partial charge in [-0.1, -0.05) is 0 Å². The molecule has 0 spiro atoms. The van der Waals surface area contributed by atoms with Crippen molar-refractivity contribution in [2.75, 3.05) is 10.6 Å². The van der Waals surface area contributed by atoms with Gasteiger partial charge in [0.25, 0.3) is 5.91 Å². The van der Waals surface area contributed by atoms with Gasteiger partial charge in [-0.2, -0.15) is 0 Å². The van der Waals surface area contributed by atoms with E-state index in [1.165, 1.54) is 24.3 Å². The van der Waals surface area contributed by atoms with Crippen molar-refractivity contribution in [3.05, 3.63) is 54.1 Å². The van der Waals surface area contributed by atoms with E-state index in [1.54, 1.807) is 18.3 Å². The highest BCUT2D eigenvalue weighted by atomic mass is 19.1. The molecule has 0 saturated heterocycles. The predicted octanol–water partition coefficient (Wildman–Crippen LogP) is 3.68. The van der Waals surface area contributed by atoms with Gasteiger partial charge in [0.05, 0.1) is 11.9 Å². The van der Waals surface area contributed by atoms with E-state index in [0.29, 0.717) is 11.4 Å². The van der Waals surface area contributed by atoms with E-state index in [1.807, 2.05) is 20.8 Å². The fraction of sp³-hybridized carbons (Fsp3) is 0.250. The monoisotopic (exact) mass is 287 g/mol. The average molecular weight is 287 g/mol. The third-order valence-corrected chi connectivity index (χ3v) is 2.62. The minimum atomic E-state index is -0.344. The van der Waals surface area contributed by atoms with Gasteiger partial charge in [-0.25, -0.2) is 9.37 Å². The largest absolute Gasteiger partial charge is 0.379 e. The Bertz CT molecular complexity index is 615. The van der Waals surface area contributed by atoms with Gasteiger partial charge in [0.15, 0.2) is 0 Å². The van der Waals surface area contributed by atoms with E-state index in [4.69, 9.17) is 0 Å². The van der Waals surface area contributed by atoms with Gasteiger partial charge in [-0.15, -0.1) is 0 Å². The summed E-state index contributed by atoms with van der Waals surface area (Å²) < 4.78 is 12.8. The number of nitrogens with one attached hydrogen (secondary N) is 2. The summed E-state index contributed by atoms with van der Waals surface area (Å²) in [6.07, 6.45) is 1.62. The maximum Gasteiger partial charge on any atom is 0.274 e. The van der Waals surface area contributed by atoms with E-state index in [0.717, 1.165) is 5.69 Å². The number of carbonyl (C=O) groups excluding carboxylic acids is 1. The van der Waals surface area contributed by atoms with Crippen LogP contribution in [0.3, 0.4) is 0 Å². The molecule has 0 unspecified atom stereocenters. The number of benzene rings is 1. The van der Waals surface area contributed by atoms with Crippen molar-refractivity contribution < 1.29 is 9.18 Å². The van der Waals surface area contributed by atoms with E-state index >= 15 is 0 Å². The maximum absolute atomic E-state index is 12.8. The molecule has 1 amide bonds. The van der Waals surface area contributed by atoms with Crippen LogP contribution in [-0.4, -0.2) is 16.4 Å². The van der Waals surface area contributed by atoms with E-state index in [-0.39, 0.29) is 17.3 Å². The van der Waals surface area contributed by atoms with Gasteiger partial charge in [-0.05, 0) is 57.2 Å². The molecule has 1 aromatic heterocycles. The number of rotatable bonds is 3. The minimum Gasteiger partial charge on any atom is -0.379 e. The van der Waals surface area contributed by atoms with E-state index in [2.05, 4.69) is 15.6 Å². The molecular formula is C16H18FN3O. The first-order valence-electron chi connectivity index (χ1n) is 6.65. The van der Waals surface area contributed by atoms with Gasteiger partial charge in [0.1, 0.15) is 11.5 Å². The van der Waals surface area contributed by atoms with Crippen LogP contribution in [0, 0.1) is 5.82 Å². The quantitative estimate of drug-likeness (QED) is 0.905. The molecule has 2 N–H and O–H groups in total. The van der Waals surface area contributed by atoms with Gasteiger partial charge in [0.2, 0.25) is 0 Å². The highest BCUT2D eigenvalue weighted by Gasteiger charge is 2.11. The zero-order valence-electron chi connectivity index (χ0n) is 12.3. The average Bonchev–Trinajstić information content (AvgIpc) is 2.40. The normalized spacial score (nSPS) is 11.0. The molecule has 0 aliphatic rings. The first-order valence-corrected chi connectivity index (χ1v) is 6.65. The molecule has 2 rings (SSSR count). The SMILES string of the molecule is CC(C)(C)Nc1ccc(C(=O)Nc2ccc(F)cc2)nc1. The standard InChI is InChI=1S/C16H18FN3O/c1-16(2,3)20-13-8-9-14(18-10-13)15(21)19-12-6-4-11(17)5-7-12/h4-10,20H,1-3H3,(H,19,21). The lowest BCUT2D eigenvalue weighted by molar-refractivity contribution is 0.102. The molecule has 0 aliphatic heterocycles. The Hall–Kier alpha value is -2.43. The zero-order valence-corrected chi connectivity index (χ0v) is 12.3. The summed E-state index contributed by atoms with van der Waals surface area (Å²) in [5.74, 6) is -0.673. The third-order valence-electron chi connectivity index (χ3n) is 2.62. The molecule has 0 radical (unpaired) electrons. The van der Waals surface area contributed by atoms with Crippen LogP contribution in [0.25, 0.3) is 0 Å². The Labute approximate surface area is 123 Å². The van der Waals surface area contributed by atoms with Crippen LogP contribution in [-0.2, 0) is 0 Å². The fourth-order valence-electron chi connectivity index (χ4n) is 1.76. The van der Waals surface area contributed by atoms with Crippen molar-refractivity contribution in [3.8, 4) is 0 Å².